The van der Waals surface area contributed by atoms with Crippen molar-refractivity contribution < 1.29 is 37.3 Å². The number of nitrogens with zero attached hydrogens (tertiary/aromatic N) is 1. The molecule has 6 nitrogen and oxygen atoms in total. The first-order chi connectivity index (χ1) is 10.6. The lowest BCUT2D eigenvalue weighted by molar-refractivity contribution is -0.219. The summed E-state index contributed by atoms with van der Waals surface area (Å²) >= 11 is 0. The lowest BCUT2D eigenvalue weighted by Crippen LogP contribution is -2.50. The van der Waals surface area contributed by atoms with Gasteiger partial charge in [-0.25, -0.2) is 4.79 Å². The van der Waals surface area contributed by atoms with Gasteiger partial charge in [0.15, 0.2) is 5.60 Å². The van der Waals surface area contributed by atoms with Crippen LogP contribution in [0.4, 0.5) is 13.2 Å². The van der Waals surface area contributed by atoms with Crippen LogP contribution in [0.25, 0.3) is 0 Å². The largest absolute Gasteiger partial charge is 0.478 e. The lowest BCUT2D eigenvalue weighted by atomic mass is 9.96. The molecule has 1 saturated heterocycles. The van der Waals surface area contributed by atoms with Crippen molar-refractivity contribution in [3.05, 3.63) is 41.7 Å². The minimum Gasteiger partial charge on any atom is -0.478 e. The maximum Gasteiger partial charge on any atom is 0.417 e. The molecule has 0 unspecified atom stereocenters. The van der Waals surface area contributed by atoms with E-state index >= 15 is 0 Å². The van der Waals surface area contributed by atoms with E-state index in [2.05, 4.69) is 11.6 Å². The molecule has 1 aliphatic heterocycles. The van der Waals surface area contributed by atoms with Crippen LogP contribution in [0.5, 0.6) is 0 Å². The molecule has 23 heavy (non-hydrogen) atoms. The van der Waals surface area contributed by atoms with Crippen molar-refractivity contribution in [1.82, 2.24) is 4.98 Å². The highest BCUT2D eigenvalue weighted by Crippen LogP contribution is 2.35. The maximum atomic E-state index is 12.5. The standard InChI is InChI=1S/C14H12F3NO5/c1-8(12(20)21)4-11(19)23-13(6-22-7-13)10-3-2-9(5-18-10)14(15,16)17/h2-3,5H,1,4,6-7H2,(H,20,21). The van der Waals surface area contributed by atoms with Crippen molar-refractivity contribution in [1.29, 1.82) is 0 Å². The first-order valence-corrected chi connectivity index (χ1v) is 6.38. The minimum absolute atomic E-state index is 0.0728. The number of hydrogen-bond acceptors (Lipinski definition) is 5. The molecule has 124 valence electrons. The molecule has 0 radical (unpaired) electrons. The Balaban J connectivity index is 2.13. The van der Waals surface area contributed by atoms with Gasteiger partial charge in [-0.15, -0.1) is 0 Å². The molecule has 1 aliphatic rings. The Hall–Kier alpha value is -2.42. The fourth-order valence-electron chi connectivity index (χ4n) is 1.88. The molecule has 1 aromatic heterocycles. The zero-order valence-electron chi connectivity index (χ0n) is 11.7. The van der Waals surface area contributed by atoms with Crippen molar-refractivity contribution in [3.8, 4) is 0 Å². The number of pyridine rings is 1. The number of aromatic nitrogens is 1. The van der Waals surface area contributed by atoms with Gasteiger partial charge in [0.25, 0.3) is 0 Å². The Morgan fingerprint density at radius 2 is 2.04 bits per heavy atom. The third-order valence-electron chi connectivity index (χ3n) is 3.20. The SMILES string of the molecule is C=C(CC(=O)OC1(c2ccc(C(F)(F)F)cn2)COC1)C(=O)O. The molecular formula is C14H12F3NO5. The van der Waals surface area contributed by atoms with Crippen LogP contribution in [0.3, 0.4) is 0 Å². The highest BCUT2D eigenvalue weighted by molar-refractivity contribution is 5.91. The van der Waals surface area contributed by atoms with E-state index in [1.165, 1.54) is 0 Å². The van der Waals surface area contributed by atoms with E-state index in [0.29, 0.717) is 6.20 Å². The number of rotatable bonds is 5. The Bertz CT molecular complexity index is 635. The van der Waals surface area contributed by atoms with E-state index < -0.39 is 35.7 Å². The molecule has 1 aromatic rings. The van der Waals surface area contributed by atoms with Crippen LogP contribution >= 0.6 is 0 Å². The van der Waals surface area contributed by atoms with Crippen LogP contribution in [-0.2, 0) is 30.8 Å². The van der Waals surface area contributed by atoms with Crippen molar-refractivity contribution >= 4 is 11.9 Å². The number of carboxylic acid groups (broad SMARTS) is 1. The quantitative estimate of drug-likeness (QED) is 0.655. The normalized spacial score (nSPS) is 16.3. The fraction of sp³-hybridized carbons (Fsp3) is 0.357. The van der Waals surface area contributed by atoms with Gasteiger partial charge in [0.2, 0.25) is 0 Å². The van der Waals surface area contributed by atoms with Crippen LogP contribution in [0.1, 0.15) is 17.7 Å². The highest BCUT2D eigenvalue weighted by atomic mass is 19.4. The lowest BCUT2D eigenvalue weighted by Gasteiger charge is -2.39. The fourth-order valence-corrected chi connectivity index (χ4v) is 1.88. The maximum absolute atomic E-state index is 12.5. The van der Waals surface area contributed by atoms with Gasteiger partial charge in [0.05, 0.1) is 30.9 Å². The summed E-state index contributed by atoms with van der Waals surface area (Å²) in [6, 6.07) is 1.93. The van der Waals surface area contributed by atoms with E-state index in [9.17, 15) is 22.8 Å². The van der Waals surface area contributed by atoms with Crippen molar-refractivity contribution in [2.45, 2.75) is 18.2 Å². The molecule has 0 atom stereocenters. The number of ether oxygens (including phenoxy) is 2. The molecule has 0 bridgehead atoms. The zero-order chi connectivity index (χ0) is 17.3. The Labute approximate surface area is 128 Å². The van der Waals surface area contributed by atoms with Crippen LogP contribution in [0, 0.1) is 0 Å². The Morgan fingerprint density at radius 3 is 2.43 bits per heavy atom. The summed E-state index contributed by atoms with van der Waals surface area (Å²) in [4.78, 5) is 26.1. The van der Waals surface area contributed by atoms with Crippen LogP contribution < -0.4 is 0 Å². The number of hydrogen-bond donors (Lipinski definition) is 1. The van der Waals surface area contributed by atoms with Gasteiger partial charge in [-0.3, -0.25) is 9.78 Å². The van der Waals surface area contributed by atoms with E-state index in [1.54, 1.807) is 0 Å². The molecule has 0 aromatic carbocycles. The summed E-state index contributed by atoms with van der Waals surface area (Å²) < 4.78 is 47.7. The van der Waals surface area contributed by atoms with Crippen molar-refractivity contribution in [3.63, 3.8) is 0 Å². The second-order valence-corrected chi connectivity index (χ2v) is 4.98. The number of halogens is 3. The summed E-state index contributed by atoms with van der Waals surface area (Å²) in [5.41, 5.74) is -2.49. The van der Waals surface area contributed by atoms with E-state index in [-0.39, 0.29) is 24.5 Å². The van der Waals surface area contributed by atoms with Crippen molar-refractivity contribution in [2.24, 2.45) is 0 Å². The number of carbonyl (C=O) groups excluding carboxylic acids is 1. The Kier molecular flexibility index (Phi) is 4.42. The van der Waals surface area contributed by atoms with E-state index in [0.717, 1.165) is 12.1 Å². The van der Waals surface area contributed by atoms with Gasteiger partial charge in [-0.1, -0.05) is 6.58 Å². The van der Waals surface area contributed by atoms with Gasteiger partial charge >= 0.3 is 18.1 Å². The average Bonchev–Trinajstić information content (AvgIpc) is 2.42. The number of carboxylic acids is 1. The molecule has 2 heterocycles. The molecule has 0 amide bonds. The second kappa shape index (κ2) is 5.99. The molecule has 1 fully saturated rings. The third kappa shape index (κ3) is 3.67. The van der Waals surface area contributed by atoms with Crippen molar-refractivity contribution in [2.75, 3.05) is 13.2 Å². The molecule has 0 aliphatic carbocycles. The summed E-state index contributed by atoms with van der Waals surface area (Å²) in [6.07, 6.45) is -4.43. The topological polar surface area (TPSA) is 85.7 Å². The summed E-state index contributed by atoms with van der Waals surface area (Å²) in [6.45, 7) is 3.06. The second-order valence-electron chi connectivity index (χ2n) is 4.98. The van der Waals surface area contributed by atoms with Gasteiger partial charge in [-0.2, -0.15) is 13.2 Å². The predicted molar refractivity (Wildman–Crippen MR) is 69.2 cm³/mol. The monoisotopic (exact) mass is 331 g/mol. The Morgan fingerprint density at radius 1 is 1.39 bits per heavy atom. The van der Waals surface area contributed by atoms with Crippen LogP contribution in [0.2, 0.25) is 0 Å². The average molecular weight is 331 g/mol. The first-order valence-electron chi connectivity index (χ1n) is 6.38. The number of alkyl halides is 3. The number of carbonyl (C=O) groups is 2. The van der Waals surface area contributed by atoms with E-state index in [4.69, 9.17) is 14.6 Å². The highest BCUT2D eigenvalue weighted by Gasteiger charge is 2.46. The van der Waals surface area contributed by atoms with Gasteiger partial charge in [0.1, 0.15) is 0 Å². The van der Waals surface area contributed by atoms with Gasteiger partial charge in [-0.05, 0) is 12.1 Å². The number of esters is 1. The summed E-state index contributed by atoms with van der Waals surface area (Å²) in [5.74, 6) is -2.21. The smallest absolute Gasteiger partial charge is 0.417 e. The van der Waals surface area contributed by atoms with Gasteiger partial charge in [0, 0.05) is 11.8 Å². The van der Waals surface area contributed by atoms with Gasteiger partial charge < -0.3 is 14.6 Å². The third-order valence-corrected chi connectivity index (χ3v) is 3.20. The molecule has 0 saturated carbocycles. The predicted octanol–water partition coefficient (Wildman–Crippen LogP) is 1.90. The zero-order valence-corrected chi connectivity index (χ0v) is 11.7. The van der Waals surface area contributed by atoms with E-state index in [1.807, 2.05) is 0 Å². The first kappa shape index (κ1) is 16.9. The molecule has 2 rings (SSSR count). The molecule has 1 N–H and O–H groups in total. The molecular weight excluding hydrogens is 319 g/mol. The molecule has 0 spiro atoms. The van der Waals surface area contributed by atoms with Crippen LogP contribution in [-0.4, -0.2) is 35.2 Å². The molecule has 9 heteroatoms. The summed E-state index contributed by atoms with van der Waals surface area (Å²) in [5, 5.41) is 8.67. The van der Waals surface area contributed by atoms with Crippen LogP contribution in [0.15, 0.2) is 30.5 Å². The number of aliphatic carboxylic acids is 1. The minimum atomic E-state index is -4.52. The summed E-state index contributed by atoms with van der Waals surface area (Å²) in [7, 11) is 0.